The molecule has 2 N–H and O–H groups in total. The lowest BCUT2D eigenvalue weighted by molar-refractivity contribution is 0.0593. The Kier molecular flexibility index (Phi) is 3.82. The van der Waals surface area contributed by atoms with Crippen molar-refractivity contribution in [3.8, 4) is 0 Å². The Morgan fingerprint density at radius 1 is 1.24 bits per heavy atom. The maximum absolute atomic E-state index is 12.7. The van der Waals surface area contributed by atoms with Crippen LogP contribution < -0.4 is 10.6 Å². The first-order valence-electron chi connectivity index (χ1n) is 7.74. The summed E-state index contributed by atoms with van der Waals surface area (Å²) in [6, 6.07) is 0. The Hall–Kier alpha value is -1.30. The van der Waals surface area contributed by atoms with E-state index in [4.69, 9.17) is 5.73 Å². The molecule has 3 rings (SSSR count). The minimum absolute atomic E-state index is 0.0611. The van der Waals surface area contributed by atoms with Gasteiger partial charge in [0, 0.05) is 27.2 Å². The zero-order valence-electron chi connectivity index (χ0n) is 12.9. The summed E-state index contributed by atoms with van der Waals surface area (Å²) in [5.41, 5.74) is 6.46. The maximum atomic E-state index is 12.7. The second-order valence-electron chi connectivity index (χ2n) is 6.60. The van der Waals surface area contributed by atoms with E-state index < -0.39 is 0 Å². The molecule has 1 aliphatic carbocycles. The topological polar surface area (TPSA) is 62.5 Å². The van der Waals surface area contributed by atoms with Gasteiger partial charge in [-0.05, 0) is 31.1 Å². The number of carbonyl (C=O) groups is 1. The zero-order valence-corrected chi connectivity index (χ0v) is 13.7. The molecule has 1 aromatic heterocycles. The number of nitrogens with two attached hydrogens (primary N) is 1. The molecule has 0 bridgehead atoms. The number of likely N-dealkylation sites (tertiary alicyclic amines) is 1. The second-order valence-corrected chi connectivity index (χ2v) is 7.58. The first-order valence-corrected chi connectivity index (χ1v) is 8.55. The Balaban J connectivity index is 1.69. The molecular formula is C15H24N4OS. The second kappa shape index (κ2) is 5.48. The SMILES string of the molecule is CN(C)c1nc(N)c(C(=O)N2CCC3(CCCC3)CC2)s1. The van der Waals surface area contributed by atoms with E-state index in [2.05, 4.69) is 4.98 Å². The molecule has 0 radical (unpaired) electrons. The summed E-state index contributed by atoms with van der Waals surface area (Å²) < 4.78 is 0. The Morgan fingerprint density at radius 3 is 2.38 bits per heavy atom. The first-order chi connectivity index (χ1) is 10.0. The van der Waals surface area contributed by atoms with Crippen LogP contribution in [0.1, 0.15) is 48.2 Å². The predicted molar refractivity (Wildman–Crippen MR) is 86.9 cm³/mol. The van der Waals surface area contributed by atoms with E-state index in [1.165, 1.54) is 37.0 Å². The van der Waals surface area contributed by atoms with Crippen LogP contribution in [0.2, 0.25) is 0 Å². The molecule has 1 saturated carbocycles. The zero-order chi connectivity index (χ0) is 15.0. The minimum Gasteiger partial charge on any atom is -0.382 e. The lowest BCUT2D eigenvalue weighted by Crippen LogP contribution is -2.42. The highest BCUT2D eigenvalue weighted by atomic mass is 32.1. The third kappa shape index (κ3) is 2.73. The highest BCUT2D eigenvalue weighted by molar-refractivity contribution is 7.18. The normalized spacial score (nSPS) is 21.0. The number of anilines is 2. The van der Waals surface area contributed by atoms with E-state index in [9.17, 15) is 4.79 Å². The van der Waals surface area contributed by atoms with Gasteiger partial charge in [0.2, 0.25) is 0 Å². The molecule has 0 aromatic carbocycles. The summed E-state index contributed by atoms with van der Waals surface area (Å²) in [4.78, 5) is 21.4. The van der Waals surface area contributed by atoms with Gasteiger partial charge in [0.25, 0.3) is 5.91 Å². The first kappa shape index (κ1) is 14.6. The fraction of sp³-hybridized carbons (Fsp3) is 0.733. The molecule has 6 heteroatoms. The summed E-state index contributed by atoms with van der Waals surface area (Å²) in [6.07, 6.45) is 7.73. The fourth-order valence-corrected chi connectivity index (χ4v) is 4.49. The summed E-state index contributed by atoms with van der Waals surface area (Å²) in [5, 5.41) is 0.792. The monoisotopic (exact) mass is 308 g/mol. The number of carbonyl (C=O) groups excluding carboxylic acids is 1. The summed E-state index contributed by atoms with van der Waals surface area (Å²) in [7, 11) is 3.83. The summed E-state index contributed by atoms with van der Waals surface area (Å²) in [6.45, 7) is 1.74. The minimum atomic E-state index is 0.0611. The summed E-state index contributed by atoms with van der Waals surface area (Å²) >= 11 is 1.39. The van der Waals surface area contributed by atoms with E-state index in [0.29, 0.717) is 16.1 Å². The molecule has 1 aromatic rings. The van der Waals surface area contributed by atoms with Crippen LogP contribution in [0.3, 0.4) is 0 Å². The van der Waals surface area contributed by atoms with Crippen molar-refractivity contribution in [2.45, 2.75) is 38.5 Å². The molecule has 21 heavy (non-hydrogen) atoms. The van der Waals surface area contributed by atoms with Crippen LogP contribution in [0.25, 0.3) is 0 Å². The van der Waals surface area contributed by atoms with Crippen LogP contribution >= 0.6 is 11.3 Å². The number of hydrogen-bond donors (Lipinski definition) is 1. The third-order valence-electron chi connectivity index (χ3n) is 4.99. The average Bonchev–Trinajstić information content (AvgIpc) is 3.06. The number of aromatic nitrogens is 1. The predicted octanol–water partition coefficient (Wildman–Crippen LogP) is 2.59. The smallest absolute Gasteiger partial charge is 0.267 e. The number of nitrogens with zero attached hydrogens (tertiary/aromatic N) is 3. The molecule has 0 atom stereocenters. The van der Waals surface area contributed by atoms with Crippen molar-refractivity contribution in [3.05, 3.63) is 4.88 Å². The van der Waals surface area contributed by atoms with Gasteiger partial charge in [-0.15, -0.1) is 0 Å². The van der Waals surface area contributed by atoms with Gasteiger partial charge < -0.3 is 15.5 Å². The van der Waals surface area contributed by atoms with Gasteiger partial charge in [-0.1, -0.05) is 24.2 Å². The van der Waals surface area contributed by atoms with Crippen LogP contribution in [0.4, 0.5) is 10.9 Å². The molecule has 0 unspecified atom stereocenters. The lowest BCUT2D eigenvalue weighted by Gasteiger charge is -2.39. The van der Waals surface area contributed by atoms with Crippen molar-refractivity contribution in [2.24, 2.45) is 5.41 Å². The molecule has 116 valence electrons. The van der Waals surface area contributed by atoms with Crippen molar-refractivity contribution in [3.63, 3.8) is 0 Å². The van der Waals surface area contributed by atoms with E-state index in [-0.39, 0.29) is 5.91 Å². The lowest BCUT2D eigenvalue weighted by atomic mass is 9.77. The van der Waals surface area contributed by atoms with Crippen LogP contribution in [-0.2, 0) is 0 Å². The average molecular weight is 308 g/mol. The largest absolute Gasteiger partial charge is 0.382 e. The Morgan fingerprint density at radius 2 is 1.86 bits per heavy atom. The van der Waals surface area contributed by atoms with Crippen LogP contribution in [0.15, 0.2) is 0 Å². The van der Waals surface area contributed by atoms with Crippen LogP contribution in [0.5, 0.6) is 0 Å². The van der Waals surface area contributed by atoms with Gasteiger partial charge in [0.1, 0.15) is 10.7 Å². The van der Waals surface area contributed by atoms with E-state index in [1.807, 2.05) is 23.9 Å². The van der Waals surface area contributed by atoms with E-state index >= 15 is 0 Å². The molecule has 2 aliphatic rings. The van der Waals surface area contributed by atoms with Crippen molar-refractivity contribution in [2.75, 3.05) is 37.8 Å². The maximum Gasteiger partial charge on any atom is 0.267 e. The molecule has 1 amide bonds. The quantitative estimate of drug-likeness (QED) is 0.912. The molecule has 2 heterocycles. The van der Waals surface area contributed by atoms with Crippen LogP contribution in [-0.4, -0.2) is 43.0 Å². The molecule has 1 aliphatic heterocycles. The number of thiazole rings is 1. The highest BCUT2D eigenvalue weighted by Crippen LogP contribution is 2.46. The van der Waals surface area contributed by atoms with Crippen LogP contribution in [0, 0.1) is 5.41 Å². The number of nitrogen functional groups attached to an aromatic ring is 1. The molecule has 1 saturated heterocycles. The van der Waals surface area contributed by atoms with Gasteiger partial charge in [0.15, 0.2) is 5.13 Å². The van der Waals surface area contributed by atoms with Gasteiger partial charge in [0.05, 0.1) is 0 Å². The number of hydrogen-bond acceptors (Lipinski definition) is 5. The fourth-order valence-electron chi connectivity index (χ4n) is 3.62. The highest BCUT2D eigenvalue weighted by Gasteiger charge is 2.38. The molecule has 5 nitrogen and oxygen atoms in total. The number of piperidine rings is 1. The number of amides is 1. The van der Waals surface area contributed by atoms with Crippen molar-refractivity contribution in [1.29, 1.82) is 0 Å². The number of rotatable bonds is 2. The van der Waals surface area contributed by atoms with Crippen molar-refractivity contribution in [1.82, 2.24) is 9.88 Å². The van der Waals surface area contributed by atoms with Gasteiger partial charge in [-0.25, -0.2) is 4.98 Å². The van der Waals surface area contributed by atoms with Gasteiger partial charge in [-0.2, -0.15) is 0 Å². The van der Waals surface area contributed by atoms with Crippen molar-refractivity contribution >= 4 is 28.2 Å². The summed E-state index contributed by atoms with van der Waals surface area (Å²) in [5.74, 6) is 0.431. The van der Waals surface area contributed by atoms with E-state index in [1.54, 1.807) is 0 Å². The molecule has 2 fully saturated rings. The standard InChI is InChI=1S/C15H24N4OS/c1-18(2)14-17-12(16)11(21-14)13(20)19-9-7-15(8-10-19)5-3-4-6-15/h3-10,16H2,1-2H3. The van der Waals surface area contributed by atoms with Gasteiger partial charge >= 0.3 is 0 Å². The van der Waals surface area contributed by atoms with Gasteiger partial charge in [-0.3, -0.25) is 4.79 Å². The molecular weight excluding hydrogens is 284 g/mol. The van der Waals surface area contributed by atoms with Crippen molar-refractivity contribution < 1.29 is 4.79 Å². The molecule has 1 spiro atoms. The van der Waals surface area contributed by atoms with E-state index in [0.717, 1.165) is 31.1 Å². The Labute approximate surface area is 130 Å². The Bertz CT molecular complexity index is 524. The third-order valence-corrected chi connectivity index (χ3v) is 6.22.